The number of hydrogen-bond acceptors (Lipinski definition) is 2. The number of aryl methyl sites for hydroxylation is 2. The van der Waals surface area contributed by atoms with Crippen molar-refractivity contribution in [2.75, 3.05) is 0 Å². The highest BCUT2D eigenvalue weighted by Gasteiger charge is 2.21. The van der Waals surface area contributed by atoms with Gasteiger partial charge in [0, 0.05) is 28.7 Å². The molecule has 2 heteroatoms. The van der Waals surface area contributed by atoms with Crippen LogP contribution in [0.5, 0.6) is 0 Å². The van der Waals surface area contributed by atoms with Gasteiger partial charge in [-0.1, -0.05) is 121 Å². The van der Waals surface area contributed by atoms with Crippen LogP contribution in [0.15, 0.2) is 158 Å². The van der Waals surface area contributed by atoms with Gasteiger partial charge in [0.2, 0.25) is 0 Å². The molecule has 48 heavy (non-hydrogen) atoms. The summed E-state index contributed by atoms with van der Waals surface area (Å²) in [4.78, 5) is 9.62. The Bertz CT molecular complexity index is 2640. The van der Waals surface area contributed by atoms with Crippen molar-refractivity contribution in [2.24, 2.45) is 0 Å². The fourth-order valence-corrected chi connectivity index (χ4v) is 7.62. The largest absolute Gasteiger partial charge is 0.264 e. The van der Waals surface area contributed by atoms with E-state index in [9.17, 15) is 0 Å². The van der Waals surface area contributed by atoms with E-state index < -0.39 is 0 Å². The van der Waals surface area contributed by atoms with Crippen molar-refractivity contribution in [2.45, 2.75) is 13.8 Å². The number of para-hydroxylation sites is 1. The summed E-state index contributed by atoms with van der Waals surface area (Å²) in [5.74, 6) is 0. The third-order valence-electron chi connectivity index (χ3n) is 9.88. The van der Waals surface area contributed by atoms with Crippen LogP contribution in [0.2, 0.25) is 0 Å². The van der Waals surface area contributed by atoms with E-state index in [1.54, 1.807) is 0 Å². The van der Waals surface area contributed by atoms with Gasteiger partial charge in [-0.2, -0.15) is 0 Å². The first-order valence-corrected chi connectivity index (χ1v) is 16.5. The molecule has 9 aromatic rings. The number of hydrogen-bond donors (Lipinski definition) is 0. The average Bonchev–Trinajstić information content (AvgIpc) is 3.16. The van der Waals surface area contributed by atoms with Crippen LogP contribution < -0.4 is 0 Å². The molecule has 0 saturated carbocycles. The summed E-state index contributed by atoms with van der Waals surface area (Å²) in [6, 6.07) is 52.3. The number of nitrogens with zero attached hydrogens (tertiary/aromatic N) is 2. The maximum atomic E-state index is 5.32. The first-order chi connectivity index (χ1) is 23.7. The Hall–Kier alpha value is -6.12. The Balaban J connectivity index is 1.37. The van der Waals surface area contributed by atoms with Gasteiger partial charge < -0.3 is 0 Å². The Morgan fingerprint density at radius 3 is 1.75 bits per heavy atom. The van der Waals surface area contributed by atoms with E-state index in [0.29, 0.717) is 0 Å². The molecule has 2 heterocycles. The molecule has 0 amide bonds. The number of fused-ring (bicyclic) bond motifs is 6. The zero-order chi connectivity index (χ0) is 32.2. The molecule has 226 valence electrons. The molecule has 0 aliphatic rings. The lowest BCUT2D eigenvalue weighted by Crippen LogP contribution is -1.98. The quantitative estimate of drug-likeness (QED) is 0.146. The minimum absolute atomic E-state index is 1.02. The molecule has 2 nitrogen and oxygen atoms in total. The van der Waals surface area contributed by atoms with Crippen LogP contribution in [0.4, 0.5) is 0 Å². The molecule has 2 aromatic heterocycles. The molecule has 0 bridgehead atoms. The van der Waals surface area contributed by atoms with Gasteiger partial charge in [-0.25, -0.2) is 4.98 Å². The number of pyridine rings is 2. The van der Waals surface area contributed by atoms with Crippen molar-refractivity contribution in [3.8, 4) is 44.6 Å². The smallest absolute Gasteiger partial charge is 0.0791 e. The molecule has 0 aliphatic carbocycles. The van der Waals surface area contributed by atoms with Gasteiger partial charge in [-0.3, -0.25) is 4.98 Å². The predicted molar refractivity (Wildman–Crippen MR) is 203 cm³/mol. The Morgan fingerprint density at radius 1 is 0.417 bits per heavy atom. The summed E-state index contributed by atoms with van der Waals surface area (Å²) in [6.07, 6.45) is 3.73. The van der Waals surface area contributed by atoms with Crippen molar-refractivity contribution in [1.29, 1.82) is 0 Å². The van der Waals surface area contributed by atoms with E-state index in [4.69, 9.17) is 4.98 Å². The van der Waals surface area contributed by atoms with Crippen LogP contribution >= 0.6 is 0 Å². The van der Waals surface area contributed by atoms with Crippen LogP contribution in [-0.2, 0) is 0 Å². The highest BCUT2D eigenvalue weighted by molar-refractivity contribution is 6.26. The SMILES string of the molecule is Cc1c2c(-c3ccccc3)nc3ccccc3c2c(C)c2c(-c3ccccc3)cc3cc(-c4ccc(-c5cccnc5)cc4)ccc3c12. The number of aromatic nitrogens is 2. The summed E-state index contributed by atoms with van der Waals surface area (Å²) in [5, 5.41) is 8.80. The second-order valence-electron chi connectivity index (χ2n) is 12.6. The Morgan fingerprint density at radius 2 is 1.02 bits per heavy atom. The first kappa shape index (κ1) is 28.1. The van der Waals surface area contributed by atoms with E-state index in [2.05, 4.69) is 158 Å². The first-order valence-electron chi connectivity index (χ1n) is 16.5. The lowest BCUT2D eigenvalue weighted by Gasteiger charge is -2.21. The van der Waals surface area contributed by atoms with Gasteiger partial charge >= 0.3 is 0 Å². The summed E-state index contributed by atoms with van der Waals surface area (Å²) < 4.78 is 0. The topological polar surface area (TPSA) is 25.8 Å². The van der Waals surface area contributed by atoms with Crippen molar-refractivity contribution in [1.82, 2.24) is 9.97 Å². The fourth-order valence-electron chi connectivity index (χ4n) is 7.62. The second kappa shape index (κ2) is 11.3. The highest BCUT2D eigenvalue weighted by Crippen LogP contribution is 2.46. The summed E-state index contributed by atoms with van der Waals surface area (Å²) in [6.45, 7) is 4.61. The van der Waals surface area contributed by atoms with Gasteiger partial charge in [-0.05, 0) is 110 Å². The molecule has 0 saturated heterocycles. The summed E-state index contributed by atoms with van der Waals surface area (Å²) in [5.41, 5.74) is 12.9. The molecular formula is C46H32N2. The molecule has 0 aliphatic heterocycles. The van der Waals surface area contributed by atoms with Crippen LogP contribution in [-0.4, -0.2) is 9.97 Å². The van der Waals surface area contributed by atoms with Crippen LogP contribution in [0, 0.1) is 13.8 Å². The molecule has 0 radical (unpaired) electrons. The van der Waals surface area contributed by atoms with Crippen molar-refractivity contribution < 1.29 is 0 Å². The van der Waals surface area contributed by atoms with Gasteiger partial charge in [0.1, 0.15) is 0 Å². The molecule has 0 spiro atoms. The third-order valence-corrected chi connectivity index (χ3v) is 9.88. The molecule has 0 unspecified atom stereocenters. The zero-order valence-electron chi connectivity index (χ0n) is 26.9. The predicted octanol–water partition coefficient (Wildman–Crippen LogP) is 12.4. The number of rotatable bonds is 4. The average molecular weight is 613 g/mol. The van der Waals surface area contributed by atoms with Gasteiger partial charge in [-0.15, -0.1) is 0 Å². The Kier molecular flexibility index (Phi) is 6.62. The molecular weight excluding hydrogens is 581 g/mol. The highest BCUT2D eigenvalue weighted by atomic mass is 14.7. The molecule has 0 atom stereocenters. The normalized spacial score (nSPS) is 11.5. The summed E-state index contributed by atoms with van der Waals surface area (Å²) in [7, 11) is 0. The van der Waals surface area contributed by atoms with Crippen LogP contribution in [0.1, 0.15) is 11.1 Å². The van der Waals surface area contributed by atoms with E-state index in [1.165, 1.54) is 76.6 Å². The summed E-state index contributed by atoms with van der Waals surface area (Å²) >= 11 is 0. The maximum Gasteiger partial charge on any atom is 0.0791 e. The molecule has 7 aromatic carbocycles. The number of benzene rings is 7. The Labute approximate surface area is 280 Å². The minimum Gasteiger partial charge on any atom is -0.264 e. The molecule has 9 rings (SSSR count). The lowest BCUT2D eigenvalue weighted by atomic mass is 9.83. The second-order valence-corrected chi connectivity index (χ2v) is 12.6. The fraction of sp³-hybridized carbons (Fsp3) is 0.0435. The van der Waals surface area contributed by atoms with E-state index in [0.717, 1.165) is 22.3 Å². The standard InChI is InChI=1S/C46H32N2/c1-29-43-39-17-9-10-18-41(39)48-46(34-14-7-4-8-15-34)45(43)30(2)42-38-24-23-35(31-19-21-32(22-20-31)36-16-11-25-47-28-36)26-37(38)27-40(44(29)42)33-12-5-3-6-13-33/h3-28H,1-2H3. The van der Waals surface area contributed by atoms with Crippen molar-refractivity contribution in [3.05, 3.63) is 169 Å². The van der Waals surface area contributed by atoms with Crippen LogP contribution in [0.3, 0.4) is 0 Å². The maximum absolute atomic E-state index is 5.32. The zero-order valence-corrected chi connectivity index (χ0v) is 26.9. The minimum atomic E-state index is 1.02. The lowest BCUT2D eigenvalue weighted by molar-refractivity contribution is 1.33. The van der Waals surface area contributed by atoms with Gasteiger partial charge in [0.15, 0.2) is 0 Å². The molecule has 0 fully saturated rings. The van der Waals surface area contributed by atoms with Crippen molar-refractivity contribution >= 4 is 43.2 Å². The monoisotopic (exact) mass is 612 g/mol. The third kappa shape index (κ3) is 4.49. The van der Waals surface area contributed by atoms with Gasteiger partial charge in [0.05, 0.1) is 11.2 Å². The van der Waals surface area contributed by atoms with E-state index in [-0.39, 0.29) is 0 Å². The molecule has 0 N–H and O–H groups in total. The van der Waals surface area contributed by atoms with Crippen molar-refractivity contribution in [3.63, 3.8) is 0 Å². The van der Waals surface area contributed by atoms with Crippen LogP contribution in [0.25, 0.3) is 87.9 Å². The van der Waals surface area contributed by atoms with E-state index >= 15 is 0 Å². The van der Waals surface area contributed by atoms with Gasteiger partial charge in [0.25, 0.3) is 0 Å². The van der Waals surface area contributed by atoms with E-state index in [1.807, 2.05) is 18.5 Å².